The summed E-state index contributed by atoms with van der Waals surface area (Å²) in [4.78, 5) is 0. The largest absolute Gasteiger partial charge is 0.361 e. The SMILES string of the molecule is Cc1noc(C)c1CNCc1c(F)ccc(Br)c1F. The van der Waals surface area contributed by atoms with Crippen molar-refractivity contribution in [2.45, 2.75) is 26.9 Å². The summed E-state index contributed by atoms with van der Waals surface area (Å²) < 4.78 is 32.5. The van der Waals surface area contributed by atoms with Crippen molar-refractivity contribution in [3.05, 3.63) is 50.8 Å². The second kappa shape index (κ2) is 5.79. The summed E-state index contributed by atoms with van der Waals surface area (Å²) in [7, 11) is 0. The molecule has 0 atom stereocenters. The molecule has 0 amide bonds. The molecule has 102 valence electrons. The Balaban J connectivity index is 2.06. The smallest absolute Gasteiger partial charge is 0.144 e. The Morgan fingerprint density at radius 1 is 1.21 bits per heavy atom. The van der Waals surface area contributed by atoms with Crippen LogP contribution < -0.4 is 5.32 Å². The van der Waals surface area contributed by atoms with Crippen molar-refractivity contribution in [1.82, 2.24) is 10.5 Å². The highest BCUT2D eigenvalue weighted by atomic mass is 79.9. The predicted molar refractivity (Wildman–Crippen MR) is 70.6 cm³/mol. The van der Waals surface area contributed by atoms with Gasteiger partial charge < -0.3 is 9.84 Å². The molecule has 0 bridgehead atoms. The summed E-state index contributed by atoms with van der Waals surface area (Å²) in [6.45, 7) is 4.18. The van der Waals surface area contributed by atoms with Crippen LogP contribution in [0.2, 0.25) is 0 Å². The van der Waals surface area contributed by atoms with Gasteiger partial charge >= 0.3 is 0 Å². The molecule has 0 radical (unpaired) electrons. The van der Waals surface area contributed by atoms with E-state index in [4.69, 9.17) is 4.52 Å². The number of rotatable bonds is 4. The minimum Gasteiger partial charge on any atom is -0.361 e. The molecule has 0 aliphatic rings. The lowest BCUT2D eigenvalue weighted by atomic mass is 10.1. The van der Waals surface area contributed by atoms with Crippen LogP contribution >= 0.6 is 15.9 Å². The lowest BCUT2D eigenvalue weighted by Crippen LogP contribution is -2.16. The number of halogens is 3. The van der Waals surface area contributed by atoms with Crippen molar-refractivity contribution in [3.63, 3.8) is 0 Å². The van der Waals surface area contributed by atoms with Crippen LogP contribution in [0.5, 0.6) is 0 Å². The van der Waals surface area contributed by atoms with Gasteiger partial charge in [0.05, 0.1) is 10.2 Å². The first-order valence-corrected chi connectivity index (χ1v) is 6.55. The number of nitrogens with zero attached hydrogens (tertiary/aromatic N) is 1. The van der Waals surface area contributed by atoms with Crippen LogP contribution in [-0.2, 0) is 13.1 Å². The second-order valence-corrected chi connectivity index (χ2v) is 5.08. The second-order valence-electron chi connectivity index (χ2n) is 4.23. The molecule has 0 aliphatic heterocycles. The average Bonchev–Trinajstić information content (AvgIpc) is 2.69. The van der Waals surface area contributed by atoms with Gasteiger partial charge in [0.25, 0.3) is 0 Å². The highest BCUT2D eigenvalue weighted by molar-refractivity contribution is 9.10. The molecule has 1 heterocycles. The Hall–Kier alpha value is -1.27. The van der Waals surface area contributed by atoms with Gasteiger partial charge in [-0.05, 0) is 41.9 Å². The maximum Gasteiger partial charge on any atom is 0.144 e. The number of hydrogen-bond donors (Lipinski definition) is 1. The molecule has 0 unspecified atom stereocenters. The van der Waals surface area contributed by atoms with Gasteiger partial charge in [-0.1, -0.05) is 5.16 Å². The van der Waals surface area contributed by atoms with Crippen LogP contribution in [0.4, 0.5) is 8.78 Å². The highest BCUT2D eigenvalue weighted by Crippen LogP contribution is 2.21. The average molecular weight is 331 g/mol. The van der Waals surface area contributed by atoms with Gasteiger partial charge in [0.2, 0.25) is 0 Å². The van der Waals surface area contributed by atoms with E-state index in [0.717, 1.165) is 11.3 Å². The first-order chi connectivity index (χ1) is 9.00. The minimum absolute atomic E-state index is 0.0149. The number of hydrogen-bond acceptors (Lipinski definition) is 3. The fourth-order valence-corrected chi connectivity index (χ4v) is 2.17. The first-order valence-electron chi connectivity index (χ1n) is 5.75. The van der Waals surface area contributed by atoms with Gasteiger partial charge in [-0.15, -0.1) is 0 Å². The van der Waals surface area contributed by atoms with E-state index in [9.17, 15) is 8.78 Å². The number of nitrogens with one attached hydrogen (secondary N) is 1. The van der Waals surface area contributed by atoms with Crippen LogP contribution in [0.3, 0.4) is 0 Å². The Kier molecular flexibility index (Phi) is 4.31. The van der Waals surface area contributed by atoms with Crippen LogP contribution in [0.25, 0.3) is 0 Å². The molecule has 1 aromatic carbocycles. The van der Waals surface area contributed by atoms with Gasteiger partial charge in [-0.25, -0.2) is 8.78 Å². The molecule has 0 fully saturated rings. The fourth-order valence-electron chi connectivity index (χ4n) is 1.80. The zero-order valence-electron chi connectivity index (χ0n) is 10.6. The molecule has 1 N–H and O–H groups in total. The predicted octanol–water partition coefficient (Wildman–Crippen LogP) is 3.62. The van der Waals surface area contributed by atoms with Crippen LogP contribution in [0.1, 0.15) is 22.6 Å². The van der Waals surface area contributed by atoms with Crippen molar-refractivity contribution in [2.75, 3.05) is 0 Å². The lowest BCUT2D eigenvalue weighted by Gasteiger charge is -2.08. The summed E-state index contributed by atoms with van der Waals surface area (Å²) in [5.41, 5.74) is 1.71. The van der Waals surface area contributed by atoms with Crippen LogP contribution in [0.15, 0.2) is 21.1 Å². The van der Waals surface area contributed by atoms with Crippen molar-refractivity contribution < 1.29 is 13.3 Å². The standard InChI is InChI=1S/C13H13BrF2N2O/c1-7-9(8(2)19-18-7)5-17-6-10-12(15)4-3-11(14)13(10)16/h3-4,17H,5-6H2,1-2H3. The molecule has 0 aliphatic carbocycles. The maximum absolute atomic E-state index is 13.7. The molecule has 6 heteroatoms. The first kappa shape index (κ1) is 14.1. The van der Waals surface area contributed by atoms with Crippen molar-refractivity contribution in [2.24, 2.45) is 0 Å². The van der Waals surface area contributed by atoms with Gasteiger partial charge in [-0.3, -0.25) is 0 Å². The quantitative estimate of drug-likeness (QED) is 0.870. The maximum atomic E-state index is 13.7. The molecule has 2 rings (SSSR count). The van der Waals surface area contributed by atoms with Crippen molar-refractivity contribution in [3.8, 4) is 0 Å². The Labute approximate surface area is 118 Å². The third kappa shape index (κ3) is 3.01. The van der Waals surface area contributed by atoms with E-state index >= 15 is 0 Å². The van der Waals surface area contributed by atoms with E-state index in [2.05, 4.69) is 26.4 Å². The van der Waals surface area contributed by atoms with Gasteiger partial charge in [0, 0.05) is 24.2 Å². The summed E-state index contributed by atoms with van der Waals surface area (Å²) in [5, 5.41) is 6.81. The Morgan fingerprint density at radius 3 is 2.53 bits per heavy atom. The van der Waals surface area contributed by atoms with E-state index in [-0.39, 0.29) is 16.6 Å². The molecular weight excluding hydrogens is 318 g/mol. The summed E-state index contributed by atoms with van der Waals surface area (Å²) in [6.07, 6.45) is 0. The topological polar surface area (TPSA) is 38.1 Å². The lowest BCUT2D eigenvalue weighted by molar-refractivity contribution is 0.391. The monoisotopic (exact) mass is 330 g/mol. The van der Waals surface area contributed by atoms with Crippen LogP contribution in [0, 0.1) is 25.5 Å². The van der Waals surface area contributed by atoms with Gasteiger partial charge in [0.15, 0.2) is 0 Å². The molecule has 2 aromatic rings. The molecule has 0 saturated heterocycles. The highest BCUT2D eigenvalue weighted by Gasteiger charge is 2.13. The van der Waals surface area contributed by atoms with Gasteiger partial charge in [-0.2, -0.15) is 0 Å². The van der Waals surface area contributed by atoms with Gasteiger partial charge in [0.1, 0.15) is 17.4 Å². The number of aromatic nitrogens is 1. The molecule has 0 spiro atoms. The van der Waals surface area contributed by atoms with Crippen molar-refractivity contribution in [1.29, 1.82) is 0 Å². The zero-order valence-corrected chi connectivity index (χ0v) is 12.1. The molecule has 19 heavy (non-hydrogen) atoms. The normalized spacial score (nSPS) is 11.0. The Bertz CT molecular complexity index is 579. The number of benzene rings is 1. The molecular formula is C13H13BrF2N2O. The third-order valence-corrected chi connectivity index (χ3v) is 3.54. The summed E-state index contributed by atoms with van der Waals surface area (Å²) >= 11 is 3.04. The molecule has 3 nitrogen and oxygen atoms in total. The zero-order chi connectivity index (χ0) is 14.0. The van der Waals surface area contributed by atoms with E-state index in [1.807, 2.05) is 6.92 Å². The summed E-state index contributed by atoms with van der Waals surface area (Å²) in [6, 6.07) is 2.59. The summed E-state index contributed by atoms with van der Waals surface area (Å²) in [5.74, 6) is -0.432. The number of aryl methyl sites for hydroxylation is 2. The molecule has 1 aromatic heterocycles. The fraction of sp³-hybridized carbons (Fsp3) is 0.308. The van der Waals surface area contributed by atoms with Crippen molar-refractivity contribution >= 4 is 15.9 Å². The third-order valence-electron chi connectivity index (χ3n) is 2.92. The van der Waals surface area contributed by atoms with E-state index in [1.54, 1.807) is 6.92 Å². The van der Waals surface area contributed by atoms with Crippen LogP contribution in [-0.4, -0.2) is 5.16 Å². The van der Waals surface area contributed by atoms with E-state index in [0.29, 0.717) is 12.3 Å². The van der Waals surface area contributed by atoms with E-state index in [1.165, 1.54) is 12.1 Å². The Morgan fingerprint density at radius 2 is 1.89 bits per heavy atom. The molecule has 0 saturated carbocycles. The van der Waals surface area contributed by atoms with E-state index < -0.39 is 11.6 Å². The minimum atomic E-state index is -0.578.